The lowest BCUT2D eigenvalue weighted by molar-refractivity contribution is 0.151. The Bertz CT molecular complexity index is 466. The molecule has 0 bridgehead atoms. The maximum absolute atomic E-state index is 12.3. The highest BCUT2D eigenvalue weighted by atomic mass is 32.2. The summed E-state index contributed by atoms with van der Waals surface area (Å²) >= 11 is 0. The van der Waals surface area contributed by atoms with Gasteiger partial charge in [0.15, 0.2) is 0 Å². The summed E-state index contributed by atoms with van der Waals surface area (Å²) in [7, 11) is -3.53. The van der Waals surface area contributed by atoms with Crippen LogP contribution in [0, 0.1) is 0 Å². The van der Waals surface area contributed by atoms with Crippen molar-refractivity contribution in [1.29, 1.82) is 0 Å². The summed E-state index contributed by atoms with van der Waals surface area (Å²) in [6, 6.07) is 4.68. The van der Waals surface area contributed by atoms with Gasteiger partial charge in [0.05, 0.1) is 4.90 Å². The van der Waals surface area contributed by atoms with E-state index in [2.05, 4.69) is 4.72 Å². The number of hydrogen-bond acceptors (Lipinski definition) is 2. The first-order valence-corrected chi connectivity index (χ1v) is 6.38. The number of hydrogen-bond donors (Lipinski definition) is 1. The molecule has 0 spiro atoms. The van der Waals surface area contributed by atoms with Crippen molar-refractivity contribution in [3.8, 4) is 0 Å². The molecule has 0 radical (unpaired) electrons. The van der Waals surface area contributed by atoms with Gasteiger partial charge >= 0.3 is 0 Å². The first-order valence-electron chi connectivity index (χ1n) is 4.89. The number of halogens is 2. The van der Waals surface area contributed by atoms with E-state index in [-0.39, 0.29) is 16.5 Å². The smallest absolute Gasteiger partial charge is 0.208 e. The first kappa shape index (κ1) is 11.5. The molecule has 0 aromatic heterocycles. The van der Waals surface area contributed by atoms with Crippen LogP contribution in [0.2, 0.25) is 0 Å². The molecule has 1 aliphatic rings. The molecule has 6 heteroatoms. The Hall–Kier alpha value is -1.01. The third kappa shape index (κ3) is 2.56. The van der Waals surface area contributed by atoms with Crippen molar-refractivity contribution in [2.45, 2.75) is 30.2 Å². The number of sulfonamides is 1. The molecule has 0 heterocycles. The maximum Gasteiger partial charge on any atom is 0.263 e. The molecule has 0 atom stereocenters. The monoisotopic (exact) mass is 247 g/mol. The van der Waals surface area contributed by atoms with Crippen LogP contribution in [0.1, 0.15) is 24.8 Å². The normalized spacial score (nSPS) is 16.7. The lowest BCUT2D eigenvalue weighted by atomic mass is 10.2. The first-order chi connectivity index (χ1) is 7.49. The lowest BCUT2D eigenvalue weighted by Gasteiger charge is -2.06. The minimum atomic E-state index is -3.53. The number of nitrogens with one attached hydrogen (secondary N) is 1. The van der Waals surface area contributed by atoms with E-state index in [0.717, 1.165) is 25.0 Å². The van der Waals surface area contributed by atoms with Crippen LogP contribution in [0.25, 0.3) is 0 Å². The van der Waals surface area contributed by atoms with Crippen LogP contribution in [-0.2, 0) is 10.0 Å². The number of benzene rings is 1. The van der Waals surface area contributed by atoms with Gasteiger partial charge in [-0.2, -0.15) is 0 Å². The van der Waals surface area contributed by atoms with Gasteiger partial charge in [0.25, 0.3) is 6.43 Å². The van der Waals surface area contributed by atoms with Crippen LogP contribution in [0.5, 0.6) is 0 Å². The Labute approximate surface area is 92.5 Å². The van der Waals surface area contributed by atoms with Crippen molar-refractivity contribution in [1.82, 2.24) is 4.72 Å². The van der Waals surface area contributed by atoms with Crippen LogP contribution < -0.4 is 4.72 Å². The van der Waals surface area contributed by atoms with Crippen molar-refractivity contribution in [2.24, 2.45) is 0 Å². The fourth-order valence-electron chi connectivity index (χ4n) is 1.28. The quantitative estimate of drug-likeness (QED) is 0.885. The van der Waals surface area contributed by atoms with E-state index in [1.54, 1.807) is 0 Å². The van der Waals surface area contributed by atoms with E-state index >= 15 is 0 Å². The molecule has 1 aromatic rings. The third-order valence-electron chi connectivity index (χ3n) is 2.34. The zero-order valence-corrected chi connectivity index (χ0v) is 9.18. The van der Waals surface area contributed by atoms with E-state index in [1.807, 2.05) is 0 Å². The van der Waals surface area contributed by atoms with E-state index in [4.69, 9.17) is 0 Å². The second-order valence-electron chi connectivity index (χ2n) is 3.77. The Kier molecular flexibility index (Phi) is 2.94. The molecule has 16 heavy (non-hydrogen) atoms. The predicted molar refractivity (Wildman–Crippen MR) is 54.7 cm³/mol. The van der Waals surface area contributed by atoms with Gasteiger partial charge in [-0.1, -0.05) is 12.1 Å². The second-order valence-corrected chi connectivity index (χ2v) is 5.48. The molecule has 1 aromatic carbocycles. The predicted octanol–water partition coefficient (Wildman–Crippen LogP) is 2.06. The average molecular weight is 247 g/mol. The fourth-order valence-corrected chi connectivity index (χ4v) is 2.59. The fraction of sp³-hybridized carbons (Fsp3) is 0.400. The zero-order valence-electron chi connectivity index (χ0n) is 8.36. The molecule has 0 unspecified atom stereocenters. The van der Waals surface area contributed by atoms with Gasteiger partial charge in [0.2, 0.25) is 10.0 Å². The second kappa shape index (κ2) is 4.10. The van der Waals surface area contributed by atoms with Gasteiger partial charge in [-0.05, 0) is 25.0 Å². The average Bonchev–Trinajstić information content (AvgIpc) is 3.01. The molecular weight excluding hydrogens is 236 g/mol. The summed E-state index contributed by atoms with van der Waals surface area (Å²) in [6.45, 7) is 0. The lowest BCUT2D eigenvalue weighted by Crippen LogP contribution is -2.25. The molecule has 1 fully saturated rings. The summed E-state index contributed by atoms with van der Waals surface area (Å²) in [5.74, 6) is 0. The van der Waals surface area contributed by atoms with E-state index in [0.29, 0.717) is 0 Å². The number of rotatable bonds is 4. The van der Waals surface area contributed by atoms with Gasteiger partial charge in [-0.3, -0.25) is 0 Å². The van der Waals surface area contributed by atoms with Crippen molar-refractivity contribution in [2.75, 3.05) is 0 Å². The molecule has 88 valence electrons. The van der Waals surface area contributed by atoms with Crippen LogP contribution >= 0.6 is 0 Å². The summed E-state index contributed by atoms with van der Waals surface area (Å²) in [6.07, 6.45) is -0.893. The minimum absolute atomic E-state index is 0.0137. The number of alkyl halides is 2. The standard InChI is InChI=1S/C10H11F2NO2S/c11-10(12)7-1-5-9(6-2-7)16(14,15)13-8-3-4-8/h1-2,5-6,8,10,13H,3-4H2. The highest BCUT2D eigenvalue weighted by Gasteiger charge is 2.27. The Morgan fingerprint density at radius 2 is 1.75 bits per heavy atom. The minimum Gasteiger partial charge on any atom is -0.208 e. The molecule has 0 aliphatic heterocycles. The summed E-state index contributed by atoms with van der Waals surface area (Å²) in [5, 5.41) is 0. The van der Waals surface area contributed by atoms with E-state index in [9.17, 15) is 17.2 Å². The maximum atomic E-state index is 12.3. The summed E-state index contributed by atoms with van der Waals surface area (Å²) in [4.78, 5) is 0.0313. The van der Waals surface area contributed by atoms with Crippen LogP contribution in [0.15, 0.2) is 29.2 Å². The van der Waals surface area contributed by atoms with E-state index < -0.39 is 16.4 Å². The van der Waals surface area contributed by atoms with Crippen LogP contribution in [0.3, 0.4) is 0 Å². The van der Waals surface area contributed by atoms with Crippen LogP contribution in [0.4, 0.5) is 8.78 Å². The van der Waals surface area contributed by atoms with Crippen molar-refractivity contribution >= 4 is 10.0 Å². The molecule has 1 saturated carbocycles. The van der Waals surface area contributed by atoms with Gasteiger partial charge in [-0.15, -0.1) is 0 Å². The van der Waals surface area contributed by atoms with Crippen molar-refractivity contribution in [3.63, 3.8) is 0 Å². The zero-order chi connectivity index (χ0) is 11.8. The Balaban J connectivity index is 2.19. The van der Waals surface area contributed by atoms with Gasteiger partial charge in [-0.25, -0.2) is 21.9 Å². The third-order valence-corrected chi connectivity index (χ3v) is 3.88. The molecular formula is C10H11F2NO2S. The molecule has 0 saturated heterocycles. The topological polar surface area (TPSA) is 46.2 Å². The Morgan fingerprint density at radius 1 is 1.19 bits per heavy atom. The SMILES string of the molecule is O=S(=O)(NC1CC1)c1ccc(C(F)F)cc1. The van der Waals surface area contributed by atoms with Gasteiger partial charge in [0, 0.05) is 11.6 Å². The van der Waals surface area contributed by atoms with E-state index in [1.165, 1.54) is 12.1 Å². The highest BCUT2D eigenvalue weighted by molar-refractivity contribution is 7.89. The molecule has 0 amide bonds. The van der Waals surface area contributed by atoms with Gasteiger partial charge < -0.3 is 0 Å². The molecule has 1 N–H and O–H groups in total. The van der Waals surface area contributed by atoms with Crippen molar-refractivity contribution in [3.05, 3.63) is 29.8 Å². The largest absolute Gasteiger partial charge is 0.263 e. The summed E-state index contributed by atoms with van der Waals surface area (Å²) in [5.41, 5.74) is -0.176. The van der Waals surface area contributed by atoms with Crippen LogP contribution in [-0.4, -0.2) is 14.5 Å². The van der Waals surface area contributed by atoms with Crippen molar-refractivity contribution < 1.29 is 17.2 Å². The summed E-state index contributed by atoms with van der Waals surface area (Å²) < 4.78 is 50.3. The molecule has 1 aliphatic carbocycles. The molecule has 2 rings (SSSR count). The van der Waals surface area contributed by atoms with Gasteiger partial charge in [0.1, 0.15) is 0 Å². The molecule has 3 nitrogen and oxygen atoms in total. The highest BCUT2D eigenvalue weighted by Crippen LogP contribution is 2.24. The Morgan fingerprint density at radius 3 is 2.19 bits per heavy atom.